The van der Waals surface area contributed by atoms with Crippen LogP contribution in [-0.2, 0) is 4.79 Å². The summed E-state index contributed by atoms with van der Waals surface area (Å²) in [6.07, 6.45) is 2.54. The molecule has 16 heavy (non-hydrogen) atoms. The molecule has 6 heteroatoms. The highest BCUT2D eigenvalue weighted by Gasteiger charge is 2.41. The smallest absolute Gasteiger partial charge is 0.315 e. The van der Waals surface area contributed by atoms with Crippen LogP contribution in [0.2, 0.25) is 0 Å². The van der Waals surface area contributed by atoms with Crippen molar-refractivity contribution in [2.75, 3.05) is 5.75 Å². The third kappa shape index (κ3) is 2.61. The van der Waals surface area contributed by atoms with Crippen LogP contribution in [0.4, 0.5) is 4.79 Å². The van der Waals surface area contributed by atoms with E-state index in [1.54, 1.807) is 0 Å². The second-order valence-electron chi connectivity index (χ2n) is 4.32. The van der Waals surface area contributed by atoms with E-state index in [1.807, 2.05) is 0 Å². The molecule has 0 bridgehead atoms. The molecule has 0 saturated carbocycles. The van der Waals surface area contributed by atoms with E-state index in [0.29, 0.717) is 6.42 Å². The quantitative estimate of drug-likeness (QED) is 0.482. The molecule has 2 aliphatic rings. The van der Waals surface area contributed by atoms with Gasteiger partial charge < -0.3 is 15.7 Å². The number of fused-ring (bicyclic) bond motifs is 1. The molecular weight excluding hydrogens is 228 g/mol. The van der Waals surface area contributed by atoms with Crippen LogP contribution >= 0.6 is 11.7 Å². The highest BCUT2D eigenvalue weighted by molar-refractivity contribution is 8.00. The standard InChI is InChI=1S/C10H18N2O3S/c13-8(14)4-2-1-3-7-9-6(5-16-7)11-10(15)12-9/h6-7,9H,1-5,16H2,(H,13,14)(H2,11,12,15)/t6-,7-,9-/m0/s1/i16D. The van der Waals surface area contributed by atoms with Crippen molar-refractivity contribution in [2.24, 2.45) is 0 Å². The van der Waals surface area contributed by atoms with Crippen LogP contribution < -0.4 is 10.6 Å². The Kier molecular flexibility index (Phi) is 3.17. The first-order valence-corrected chi connectivity index (χ1v) is 6.77. The van der Waals surface area contributed by atoms with Crippen molar-refractivity contribution in [3.8, 4) is 0 Å². The Hall–Kier alpha value is -0.910. The Bertz CT molecular complexity index is 329. The second kappa shape index (κ2) is 4.95. The fraction of sp³-hybridized carbons (Fsp3) is 0.800. The van der Waals surface area contributed by atoms with Crippen molar-refractivity contribution in [3.63, 3.8) is 0 Å². The van der Waals surface area contributed by atoms with Gasteiger partial charge in [0, 0.05) is 11.7 Å². The largest absolute Gasteiger partial charge is 0.481 e. The lowest BCUT2D eigenvalue weighted by molar-refractivity contribution is -0.137. The van der Waals surface area contributed by atoms with Crippen LogP contribution in [0.3, 0.4) is 0 Å². The fourth-order valence-electron chi connectivity index (χ4n) is 2.34. The summed E-state index contributed by atoms with van der Waals surface area (Å²) in [5, 5.41) is 14.5. The normalized spacial score (nSPS) is 39.8. The molecule has 0 spiro atoms. The molecule has 2 rings (SSSR count). The van der Waals surface area contributed by atoms with Crippen molar-refractivity contribution >= 4 is 23.7 Å². The van der Waals surface area contributed by atoms with Gasteiger partial charge in [0.25, 0.3) is 0 Å². The highest BCUT2D eigenvalue weighted by Crippen LogP contribution is 2.33. The van der Waals surface area contributed by atoms with Gasteiger partial charge in [-0.15, -0.1) is 0 Å². The van der Waals surface area contributed by atoms with Gasteiger partial charge in [-0.3, -0.25) is 16.5 Å². The zero-order chi connectivity index (χ0) is 12.4. The minimum Gasteiger partial charge on any atom is -0.481 e. The molecule has 4 atom stereocenters. The molecular formula is C10H18N2O3S. The number of carboxylic acids is 1. The summed E-state index contributed by atoms with van der Waals surface area (Å²) in [6, 6.07) is 0.0881. The number of unbranched alkanes of at least 4 members (excludes halogenated alkanes) is 1. The Morgan fingerprint density at radius 2 is 2.38 bits per heavy atom. The molecule has 2 saturated heterocycles. The van der Waals surface area contributed by atoms with Crippen molar-refractivity contribution in [1.29, 1.82) is 1.12 Å². The minimum absolute atomic E-state index is 0.0935. The average Bonchev–Trinajstić information content (AvgIpc) is 2.69. The number of urea groups is 1. The Balaban J connectivity index is 1.79. The number of hydrogen-bond acceptors (Lipinski definition) is 2. The topological polar surface area (TPSA) is 78.4 Å². The summed E-state index contributed by atoms with van der Waals surface area (Å²) in [6.45, 7) is 0. The zero-order valence-electron chi connectivity index (χ0n) is 9.98. The van der Waals surface area contributed by atoms with E-state index in [0.717, 1.165) is 18.6 Å². The molecule has 0 aromatic heterocycles. The van der Waals surface area contributed by atoms with E-state index in [4.69, 9.17) is 6.23 Å². The fourth-order valence-corrected chi connectivity index (χ4v) is 4.03. The number of aliphatic carboxylic acids is 1. The van der Waals surface area contributed by atoms with Gasteiger partial charge in [0.2, 0.25) is 0 Å². The number of carboxylic acid groups (broad SMARTS) is 1. The zero-order valence-corrected chi connectivity index (χ0v) is 9.87. The van der Waals surface area contributed by atoms with Gasteiger partial charge in [-0.05, 0) is 18.6 Å². The summed E-state index contributed by atoms with van der Waals surface area (Å²) < 4.78 is 8.03. The summed E-state index contributed by atoms with van der Waals surface area (Å²) in [4.78, 5) is 21.6. The number of rotatable bonds is 5. The molecule has 2 heterocycles. The van der Waals surface area contributed by atoms with E-state index >= 15 is 0 Å². The van der Waals surface area contributed by atoms with E-state index < -0.39 is 17.6 Å². The summed E-state index contributed by atoms with van der Waals surface area (Å²) in [5.74, 6) is 0.000719. The van der Waals surface area contributed by atoms with Crippen molar-refractivity contribution in [3.05, 3.63) is 0 Å². The molecule has 1 unspecified atom stereocenters. The van der Waals surface area contributed by atoms with E-state index in [1.165, 1.54) is 0 Å². The lowest BCUT2D eigenvalue weighted by Gasteiger charge is -2.17. The van der Waals surface area contributed by atoms with Crippen LogP contribution in [0.25, 0.3) is 0 Å². The van der Waals surface area contributed by atoms with Gasteiger partial charge in [0.05, 0.1) is 13.2 Å². The molecule has 2 fully saturated rings. The molecule has 3 N–H and O–H groups in total. The Morgan fingerprint density at radius 1 is 1.56 bits per heavy atom. The molecule has 92 valence electrons. The first kappa shape index (κ1) is 10.3. The molecule has 0 aromatic rings. The van der Waals surface area contributed by atoms with Gasteiger partial charge in [-0.1, -0.05) is 6.42 Å². The maximum Gasteiger partial charge on any atom is 0.315 e. The number of hydrogen-bond donors (Lipinski definition) is 3. The van der Waals surface area contributed by atoms with Crippen LogP contribution in [0, 0.1) is 0 Å². The van der Waals surface area contributed by atoms with E-state index in [2.05, 4.69) is 10.6 Å². The lowest BCUT2D eigenvalue weighted by atomic mass is 10.0. The molecule has 5 nitrogen and oxygen atoms in total. The monoisotopic (exact) mass is 247 g/mol. The summed E-state index contributed by atoms with van der Waals surface area (Å²) in [7, 11) is 0. The third-order valence-electron chi connectivity index (χ3n) is 3.14. The number of amides is 2. The molecule has 0 radical (unpaired) electrons. The molecule has 2 amide bonds. The van der Waals surface area contributed by atoms with Gasteiger partial charge in [0.1, 0.15) is 0 Å². The average molecular weight is 247 g/mol. The molecule has 0 aromatic carbocycles. The maximum absolute atomic E-state index is 11.2. The van der Waals surface area contributed by atoms with E-state index in [9.17, 15) is 9.59 Å². The third-order valence-corrected chi connectivity index (χ3v) is 4.79. The van der Waals surface area contributed by atoms with Crippen molar-refractivity contribution < 1.29 is 14.7 Å². The van der Waals surface area contributed by atoms with Gasteiger partial charge >= 0.3 is 12.0 Å². The molecule has 2 aliphatic heterocycles. The van der Waals surface area contributed by atoms with Crippen LogP contribution in [0.15, 0.2) is 0 Å². The SMILES string of the molecule is [2H][SH]1C[C@@H]2NC(=O)N[C@@H]2[C@@H]1CCCCC(=O)O. The summed E-state index contributed by atoms with van der Waals surface area (Å²) in [5.41, 5.74) is 0. The van der Waals surface area contributed by atoms with Crippen LogP contribution in [0.1, 0.15) is 25.7 Å². The first-order chi connectivity index (χ1) is 8.08. The van der Waals surface area contributed by atoms with Crippen LogP contribution in [-0.4, -0.2) is 41.3 Å². The number of nitrogens with one attached hydrogen (secondary N) is 2. The predicted molar refractivity (Wildman–Crippen MR) is 64.4 cm³/mol. The minimum atomic E-state index is -0.787. The van der Waals surface area contributed by atoms with Crippen molar-refractivity contribution in [2.45, 2.75) is 43.0 Å². The van der Waals surface area contributed by atoms with Crippen molar-refractivity contribution in [1.82, 2.24) is 10.6 Å². The van der Waals surface area contributed by atoms with Crippen LogP contribution in [0.5, 0.6) is 0 Å². The van der Waals surface area contributed by atoms with E-state index in [-0.39, 0.29) is 29.8 Å². The maximum atomic E-state index is 11.2. The number of carbonyl (C=O) groups is 2. The first-order valence-electron chi connectivity index (χ1n) is 6.07. The van der Waals surface area contributed by atoms with Gasteiger partial charge in [0.15, 0.2) is 0 Å². The van der Waals surface area contributed by atoms with Gasteiger partial charge in [-0.25, -0.2) is 4.79 Å². The summed E-state index contributed by atoms with van der Waals surface area (Å²) >= 11 is -0.787. The lowest BCUT2D eigenvalue weighted by Crippen LogP contribution is -2.36. The highest BCUT2D eigenvalue weighted by atomic mass is 32.2. The van der Waals surface area contributed by atoms with Gasteiger partial charge in [-0.2, -0.15) is 0 Å². The number of carbonyl (C=O) groups excluding carboxylic acids is 1. The predicted octanol–water partition coefficient (Wildman–Crippen LogP) is 0.261. The second-order valence-corrected chi connectivity index (χ2v) is 5.72. The Labute approximate surface area is 99.4 Å². The molecule has 0 aliphatic carbocycles. The Morgan fingerprint density at radius 3 is 3.12 bits per heavy atom.